The van der Waals surface area contributed by atoms with E-state index in [1.54, 1.807) is 7.11 Å². The van der Waals surface area contributed by atoms with Gasteiger partial charge in [-0.1, -0.05) is 20.3 Å². The average Bonchev–Trinajstić information content (AvgIpc) is 2.44. The van der Waals surface area contributed by atoms with Gasteiger partial charge >= 0.3 is 0 Å². The van der Waals surface area contributed by atoms with Crippen LogP contribution in [-0.2, 0) is 0 Å². The highest BCUT2D eigenvalue weighted by Crippen LogP contribution is 2.30. The number of aliphatic hydroxyl groups is 1. The van der Waals surface area contributed by atoms with Gasteiger partial charge in [0.15, 0.2) is 11.5 Å². The van der Waals surface area contributed by atoms with E-state index in [-0.39, 0.29) is 13.2 Å². The van der Waals surface area contributed by atoms with Crippen molar-refractivity contribution in [3.8, 4) is 11.5 Å². The Morgan fingerprint density at radius 3 is 2.63 bits per heavy atom. The predicted octanol–water partition coefficient (Wildman–Crippen LogP) is 3.06. The minimum atomic E-state index is -0.00572. The predicted molar refractivity (Wildman–Crippen MR) is 78.2 cm³/mol. The van der Waals surface area contributed by atoms with Gasteiger partial charge in [0, 0.05) is 17.8 Å². The molecule has 108 valence electrons. The van der Waals surface area contributed by atoms with Gasteiger partial charge in [0.25, 0.3) is 0 Å². The average molecular weight is 267 g/mol. The topological polar surface area (TPSA) is 50.7 Å². The van der Waals surface area contributed by atoms with Crippen LogP contribution in [0.2, 0.25) is 0 Å². The second-order valence-electron chi connectivity index (χ2n) is 4.48. The van der Waals surface area contributed by atoms with E-state index in [1.807, 2.05) is 18.2 Å². The molecule has 0 saturated heterocycles. The van der Waals surface area contributed by atoms with Crippen molar-refractivity contribution in [2.75, 3.05) is 25.6 Å². The minimum Gasteiger partial charge on any atom is -0.493 e. The zero-order valence-electron chi connectivity index (χ0n) is 12.1. The van der Waals surface area contributed by atoms with Gasteiger partial charge < -0.3 is 19.9 Å². The Morgan fingerprint density at radius 2 is 2.05 bits per heavy atom. The second-order valence-corrected chi connectivity index (χ2v) is 4.48. The molecule has 0 aliphatic rings. The summed E-state index contributed by atoms with van der Waals surface area (Å²) in [5.41, 5.74) is 1.02. The molecule has 0 aromatic heterocycles. The number of aliphatic hydroxyl groups excluding tert-OH is 1. The first-order valence-corrected chi connectivity index (χ1v) is 6.93. The SMILES string of the molecule is CCCC(CC)Nc1ccc(OC)c(OCCO)c1. The Bertz CT molecular complexity index is 368. The third-order valence-corrected chi connectivity index (χ3v) is 3.01. The largest absolute Gasteiger partial charge is 0.493 e. The summed E-state index contributed by atoms with van der Waals surface area (Å²) in [6.07, 6.45) is 3.40. The van der Waals surface area contributed by atoms with Crippen molar-refractivity contribution in [1.82, 2.24) is 0 Å². The van der Waals surface area contributed by atoms with E-state index >= 15 is 0 Å². The van der Waals surface area contributed by atoms with Crippen molar-refractivity contribution in [1.29, 1.82) is 0 Å². The molecule has 4 nitrogen and oxygen atoms in total. The first kappa shape index (κ1) is 15.6. The van der Waals surface area contributed by atoms with Crippen LogP contribution in [0.4, 0.5) is 5.69 Å². The maximum atomic E-state index is 8.83. The van der Waals surface area contributed by atoms with Crippen molar-refractivity contribution >= 4 is 5.69 Å². The molecule has 19 heavy (non-hydrogen) atoms. The zero-order valence-corrected chi connectivity index (χ0v) is 12.1. The fourth-order valence-electron chi connectivity index (χ4n) is 2.00. The molecule has 0 fully saturated rings. The van der Waals surface area contributed by atoms with Gasteiger partial charge in [0.05, 0.1) is 13.7 Å². The summed E-state index contributed by atoms with van der Waals surface area (Å²) in [7, 11) is 1.61. The number of hydrogen-bond donors (Lipinski definition) is 2. The fraction of sp³-hybridized carbons (Fsp3) is 0.600. The molecule has 0 amide bonds. The summed E-state index contributed by atoms with van der Waals surface area (Å²) in [5, 5.41) is 12.3. The molecule has 0 saturated carbocycles. The van der Waals surface area contributed by atoms with E-state index in [2.05, 4.69) is 19.2 Å². The number of nitrogens with one attached hydrogen (secondary N) is 1. The Morgan fingerprint density at radius 1 is 1.26 bits per heavy atom. The maximum absolute atomic E-state index is 8.83. The van der Waals surface area contributed by atoms with Gasteiger partial charge in [0.2, 0.25) is 0 Å². The van der Waals surface area contributed by atoms with E-state index in [0.29, 0.717) is 17.5 Å². The van der Waals surface area contributed by atoms with Crippen LogP contribution in [0.25, 0.3) is 0 Å². The van der Waals surface area contributed by atoms with Crippen molar-refractivity contribution < 1.29 is 14.6 Å². The lowest BCUT2D eigenvalue weighted by Crippen LogP contribution is -2.18. The third-order valence-electron chi connectivity index (χ3n) is 3.01. The van der Waals surface area contributed by atoms with Crippen LogP contribution in [0.3, 0.4) is 0 Å². The van der Waals surface area contributed by atoms with E-state index in [4.69, 9.17) is 14.6 Å². The summed E-state index contributed by atoms with van der Waals surface area (Å²) in [6.45, 7) is 4.63. The fourth-order valence-corrected chi connectivity index (χ4v) is 2.00. The van der Waals surface area contributed by atoms with Crippen LogP contribution >= 0.6 is 0 Å². The smallest absolute Gasteiger partial charge is 0.163 e. The molecule has 1 atom stereocenters. The highest BCUT2D eigenvalue weighted by Gasteiger charge is 2.09. The Kier molecular flexibility index (Phi) is 7.11. The molecule has 1 aromatic rings. The highest BCUT2D eigenvalue weighted by atomic mass is 16.5. The van der Waals surface area contributed by atoms with Crippen LogP contribution in [-0.4, -0.2) is 31.5 Å². The molecule has 1 rings (SSSR count). The van der Waals surface area contributed by atoms with E-state index < -0.39 is 0 Å². The molecular weight excluding hydrogens is 242 g/mol. The minimum absolute atomic E-state index is 0.00572. The van der Waals surface area contributed by atoms with Gasteiger partial charge in [-0.2, -0.15) is 0 Å². The standard InChI is InChI=1S/C15H25NO3/c1-4-6-12(5-2)16-13-7-8-14(18-3)15(11-13)19-10-9-17/h7-8,11-12,16-17H,4-6,9-10H2,1-3H3. The van der Waals surface area contributed by atoms with Crippen molar-refractivity contribution in [2.45, 2.75) is 39.2 Å². The molecule has 1 unspecified atom stereocenters. The number of hydrogen-bond acceptors (Lipinski definition) is 4. The summed E-state index contributed by atoms with van der Waals surface area (Å²) in [6, 6.07) is 6.27. The van der Waals surface area contributed by atoms with Crippen molar-refractivity contribution in [2.24, 2.45) is 0 Å². The monoisotopic (exact) mass is 267 g/mol. The Labute approximate surface area is 115 Å². The molecule has 0 aliphatic carbocycles. The molecule has 0 spiro atoms. The molecule has 1 aromatic carbocycles. The summed E-state index contributed by atoms with van der Waals surface area (Å²) < 4.78 is 10.7. The van der Waals surface area contributed by atoms with Crippen LogP contribution in [0, 0.1) is 0 Å². The molecule has 4 heteroatoms. The quantitative estimate of drug-likeness (QED) is 0.722. The van der Waals surface area contributed by atoms with Crippen molar-refractivity contribution in [3.63, 3.8) is 0 Å². The zero-order chi connectivity index (χ0) is 14.1. The van der Waals surface area contributed by atoms with Crippen LogP contribution in [0.15, 0.2) is 18.2 Å². The van der Waals surface area contributed by atoms with Gasteiger partial charge in [-0.05, 0) is 25.0 Å². The lowest BCUT2D eigenvalue weighted by molar-refractivity contribution is 0.196. The molecule has 0 bridgehead atoms. The molecule has 0 aliphatic heterocycles. The highest BCUT2D eigenvalue weighted by molar-refractivity contribution is 5.55. The number of anilines is 1. The van der Waals surface area contributed by atoms with Crippen LogP contribution in [0.1, 0.15) is 33.1 Å². The Hall–Kier alpha value is -1.42. The van der Waals surface area contributed by atoms with Gasteiger partial charge in [-0.3, -0.25) is 0 Å². The van der Waals surface area contributed by atoms with Gasteiger partial charge in [0.1, 0.15) is 6.61 Å². The number of ether oxygens (including phenoxy) is 2. The van der Waals surface area contributed by atoms with E-state index in [0.717, 1.165) is 24.9 Å². The number of rotatable bonds is 9. The first-order chi connectivity index (χ1) is 9.24. The number of benzene rings is 1. The molecular formula is C15H25NO3. The van der Waals surface area contributed by atoms with Gasteiger partial charge in [-0.25, -0.2) is 0 Å². The van der Waals surface area contributed by atoms with E-state index in [9.17, 15) is 0 Å². The van der Waals surface area contributed by atoms with Gasteiger partial charge in [-0.15, -0.1) is 0 Å². The summed E-state index contributed by atoms with van der Waals surface area (Å²) >= 11 is 0. The Balaban J connectivity index is 2.78. The first-order valence-electron chi connectivity index (χ1n) is 6.93. The van der Waals surface area contributed by atoms with Crippen LogP contribution in [0.5, 0.6) is 11.5 Å². The molecule has 2 N–H and O–H groups in total. The third kappa shape index (κ3) is 4.99. The molecule has 0 heterocycles. The normalized spacial score (nSPS) is 12.0. The lowest BCUT2D eigenvalue weighted by Gasteiger charge is -2.19. The summed E-state index contributed by atoms with van der Waals surface area (Å²) in [4.78, 5) is 0. The second kappa shape index (κ2) is 8.64. The number of methoxy groups -OCH3 is 1. The molecule has 0 radical (unpaired) electrons. The maximum Gasteiger partial charge on any atom is 0.163 e. The van der Waals surface area contributed by atoms with E-state index in [1.165, 1.54) is 0 Å². The van der Waals surface area contributed by atoms with Crippen molar-refractivity contribution in [3.05, 3.63) is 18.2 Å². The lowest BCUT2D eigenvalue weighted by atomic mass is 10.1. The van der Waals surface area contributed by atoms with Crippen LogP contribution < -0.4 is 14.8 Å². The summed E-state index contributed by atoms with van der Waals surface area (Å²) in [5.74, 6) is 1.34.